The van der Waals surface area contributed by atoms with Crippen LogP contribution in [0.3, 0.4) is 0 Å². The number of hydrogen-bond donors (Lipinski definition) is 1. The molecule has 3 heterocycles. The third-order valence-corrected chi connectivity index (χ3v) is 6.02. The highest BCUT2D eigenvalue weighted by Gasteiger charge is 2.21. The van der Waals surface area contributed by atoms with Crippen molar-refractivity contribution in [1.82, 2.24) is 24.5 Å². The molecule has 0 radical (unpaired) electrons. The van der Waals surface area contributed by atoms with Crippen molar-refractivity contribution in [3.63, 3.8) is 0 Å². The Bertz CT molecular complexity index is 1050. The molecule has 172 valence electrons. The Morgan fingerprint density at radius 3 is 2.91 bits per heavy atom. The second-order valence-electron chi connectivity index (χ2n) is 8.20. The van der Waals surface area contributed by atoms with Gasteiger partial charge in [-0.25, -0.2) is 0 Å². The number of aliphatic hydroxyl groups is 1. The minimum atomic E-state index is -0.0855. The molecule has 32 heavy (non-hydrogen) atoms. The zero-order valence-corrected chi connectivity index (χ0v) is 18.9. The summed E-state index contributed by atoms with van der Waals surface area (Å²) in [6.45, 7) is 3.38. The summed E-state index contributed by atoms with van der Waals surface area (Å²) in [6, 6.07) is 5.85. The van der Waals surface area contributed by atoms with Crippen LogP contribution in [0, 0.1) is 5.92 Å². The second kappa shape index (κ2) is 10.4. The van der Waals surface area contributed by atoms with Crippen LogP contribution < -0.4 is 0 Å². The molecule has 1 fully saturated rings. The molecule has 2 aromatic heterocycles. The minimum absolute atomic E-state index is 0.0855. The van der Waals surface area contributed by atoms with Gasteiger partial charge >= 0.3 is 0 Å². The van der Waals surface area contributed by atoms with Crippen LogP contribution in [0.4, 0.5) is 0 Å². The normalized spacial score (nSPS) is 15.0. The van der Waals surface area contributed by atoms with Crippen molar-refractivity contribution >= 4 is 28.9 Å². The van der Waals surface area contributed by atoms with E-state index in [1.165, 1.54) is 4.90 Å². The van der Waals surface area contributed by atoms with Gasteiger partial charge in [0.1, 0.15) is 0 Å². The number of halogens is 1. The number of rotatable bonds is 10. The molecule has 1 N–H and O–H groups in total. The van der Waals surface area contributed by atoms with Crippen molar-refractivity contribution in [2.24, 2.45) is 5.92 Å². The predicted octanol–water partition coefficient (Wildman–Crippen LogP) is 2.61. The number of para-hydroxylation sites is 1. The van der Waals surface area contributed by atoms with E-state index in [2.05, 4.69) is 20.9 Å². The van der Waals surface area contributed by atoms with E-state index in [0.29, 0.717) is 42.3 Å². The molecule has 1 amide bonds. The van der Waals surface area contributed by atoms with Crippen LogP contribution in [0.15, 0.2) is 28.9 Å². The molecule has 0 aliphatic carbocycles. The first-order valence-electron chi connectivity index (χ1n) is 10.8. The van der Waals surface area contributed by atoms with E-state index in [1.54, 1.807) is 0 Å². The summed E-state index contributed by atoms with van der Waals surface area (Å²) in [6.07, 6.45) is 4.83. The molecule has 1 aliphatic rings. The zero-order chi connectivity index (χ0) is 22.5. The van der Waals surface area contributed by atoms with Crippen LogP contribution >= 0.6 is 11.6 Å². The van der Waals surface area contributed by atoms with Crippen LogP contribution in [0.2, 0.25) is 5.02 Å². The fraction of sp³-hybridized carbons (Fsp3) is 0.500. The van der Waals surface area contributed by atoms with E-state index >= 15 is 0 Å². The molecule has 3 aromatic rings. The van der Waals surface area contributed by atoms with Crippen molar-refractivity contribution < 1.29 is 19.2 Å². The maximum Gasteiger partial charge on any atom is 0.241 e. The molecular formula is C22H28ClN5O4. The molecule has 1 aromatic carbocycles. The Balaban J connectivity index is 1.55. The lowest BCUT2D eigenvalue weighted by atomic mass is 10.0. The maximum absolute atomic E-state index is 11.1. The van der Waals surface area contributed by atoms with Crippen LogP contribution in [0.5, 0.6) is 0 Å². The largest absolute Gasteiger partial charge is 0.395 e. The molecule has 0 atom stereocenters. The summed E-state index contributed by atoms with van der Waals surface area (Å²) in [5.74, 6) is 1.50. The fourth-order valence-electron chi connectivity index (χ4n) is 4.15. The minimum Gasteiger partial charge on any atom is -0.395 e. The molecule has 1 saturated heterocycles. The van der Waals surface area contributed by atoms with Crippen molar-refractivity contribution in [2.45, 2.75) is 25.9 Å². The van der Waals surface area contributed by atoms with Gasteiger partial charge in [0.15, 0.2) is 0 Å². The third kappa shape index (κ3) is 5.12. The van der Waals surface area contributed by atoms with Crippen molar-refractivity contribution in [1.29, 1.82) is 0 Å². The first-order valence-corrected chi connectivity index (χ1v) is 11.1. The Labute approximate surface area is 191 Å². The molecule has 0 saturated carbocycles. The number of benzene rings is 1. The van der Waals surface area contributed by atoms with Crippen LogP contribution in [-0.4, -0.2) is 76.1 Å². The summed E-state index contributed by atoms with van der Waals surface area (Å²) in [4.78, 5) is 19.0. The summed E-state index contributed by atoms with van der Waals surface area (Å²) < 4.78 is 13.2. The molecule has 1 aliphatic heterocycles. The topological polar surface area (TPSA) is 96.9 Å². The number of carbonyl (C=O) groups excluding carboxylic acids is 1. The van der Waals surface area contributed by atoms with E-state index in [-0.39, 0.29) is 13.2 Å². The Morgan fingerprint density at radius 2 is 2.16 bits per heavy atom. The number of amides is 1. The van der Waals surface area contributed by atoms with E-state index in [0.717, 1.165) is 49.1 Å². The lowest BCUT2D eigenvalue weighted by Gasteiger charge is -2.23. The van der Waals surface area contributed by atoms with Crippen LogP contribution in [-0.2, 0) is 22.6 Å². The van der Waals surface area contributed by atoms with Crippen molar-refractivity contribution in [3.05, 3.63) is 35.3 Å². The number of ether oxygens (including phenoxy) is 1. The fourth-order valence-corrected chi connectivity index (χ4v) is 4.43. The van der Waals surface area contributed by atoms with Crippen LogP contribution in [0.1, 0.15) is 18.7 Å². The molecule has 9 nitrogen and oxygen atoms in total. The van der Waals surface area contributed by atoms with Gasteiger partial charge in [0, 0.05) is 43.4 Å². The average Bonchev–Trinajstić information content (AvgIpc) is 3.39. The Morgan fingerprint density at radius 1 is 1.34 bits per heavy atom. The summed E-state index contributed by atoms with van der Waals surface area (Å²) in [5.41, 5.74) is 1.85. The van der Waals surface area contributed by atoms with E-state index in [4.69, 9.17) is 26.0 Å². The van der Waals surface area contributed by atoms with Gasteiger partial charge in [-0.05, 0) is 31.9 Å². The lowest BCUT2D eigenvalue weighted by molar-refractivity contribution is -0.120. The van der Waals surface area contributed by atoms with E-state index in [9.17, 15) is 4.79 Å². The molecule has 4 rings (SSSR count). The standard InChI is InChI=1S/C22H28ClN5O4/c1-26(14-27(15-30)7-8-29)13-20-24-22(25-32-20)18-12-28(11-16-5-9-31-10-6-16)21-17(18)3-2-4-19(21)23/h2-4,12,15-16,29H,5-11,13-14H2,1H3. The van der Waals surface area contributed by atoms with Crippen molar-refractivity contribution in [3.8, 4) is 11.4 Å². The van der Waals surface area contributed by atoms with Gasteiger partial charge in [0.25, 0.3) is 0 Å². The first kappa shape index (κ1) is 22.7. The van der Waals surface area contributed by atoms with Gasteiger partial charge in [-0.3, -0.25) is 9.69 Å². The van der Waals surface area contributed by atoms with Gasteiger partial charge < -0.3 is 23.8 Å². The monoisotopic (exact) mass is 461 g/mol. The molecular weight excluding hydrogens is 434 g/mol. The zero-order valence-electron chi connectivity index (χ0n) is 18.1. The first-order chi connectivity index (χ1) is 15.6. The number of carbonyl (C=O) groups is 1. The third-order valence-electron chi connectivity index (χ3n) is 5.72. The number of nitrogens with zero attached hydrogens (tertiary/aromatic N) is 5. The molecule has 0 spiro atoms. The number of fused-ring (bicyclic) bond motifs is 1. The Hall–Kier alpha value is -2.46. The van der Waals surface area contributed by atoms with Gasteiger partial charge in [-0.15, -0.1) is 0 Å². The summed E-state index contributed by atoms with van der Waals surface area (Å²) in [5, 5.41) is 14.9. The second-order valence-corrected chi connectivity index (χ2v) is 8.60. The quantitative estimate of drug-likeness (QED) is 0.366. The molecule has 0 unspecified atom stereocenters. The van der Waals surface area contributed by atoms with Gasteiger partial charge in [0.05, 0.1) is 30.4 Å². The van der Waals surface area contributed by atoms with Gasteiger partial charge in [0.2, 0.25) is 18.1 Å². The van der Waals surface area contributed by atoms with Gasteiger partial charge in [-0.1, -0.05) is 28.9 Å². The molecule has 0 bridgehead atoms. The number of aliphatic hydroxyl groups excluding tert-OH is 1. The van der Waals surface area contributed by atoms with Crippen molar-refractivity contribution in [2.75, 3.05) is 40.1 Å². The number of hydrogen-bond acceptors (Lipinski definition) is 7. The number of aromatic nitrogens is 3. The predicted molar refractivity (Wildman–Crippen MR) is 120 cm³/mol. The lowest BCUT2D eigenvalue weighted by Crippen LogP contribution is -2.36. The molecule has 10 heteroatoms. The van der Waals surface area contributed by atoms with Crippen LogP contribution in [0.25, 0.3) is 22.3 Å². The smallest absolute Gasteiger partial charge is 0.241 e. The summed E-state index contributed by atoms with van der Waals surface area (Å²) >= 11 is 6.58. The Kier molecular flexibility index (Phi) is 7.41. The SMILES string of the molecule is CN(Cc1nc(-c2cn(CC3CCOCC3)c3c(Cl)cccc23)no1)CN(C=O)CCO. The van der Waals surface area contributed by atoms with E-state index in [1.807, 2.05) is 30.1 Å². The highest BCUT2D eigenvalue weighted by atomic mass is 35.5. The van der Waals surface area contributed by atoms with E-state index < -0.39 is 0 Å². The average molecular weight is 462 g/mol. The summed E-state index contributed by atoms with van der Waals surface area (Å²) in [7, 11) is 1.84. The highest BCUT2D eigenvalue weighted by molar-refractivity contribution is 6.35. The van der Waals surface area contributed by atoms with Gasteiger partial charge in [-0.2, -0.15) is 4.98 Å². The highest BCUT2D eigenvalue weighted by Crippen LogP contribution is 2.34. The maximum atomic E-state index is 11.1.